The molecule has 1 aliphatic rings. The molecule has 0 saturated carbocycles. The highest BCUT2D eigenvalue weighted by Crippen LogP contribution is 2.27. The number of hydrogen-bond donors (Lipinski definition) is 2. The van der Waals surface area contributed by atoms with Crippen LogP contribution >= 0.6 is 24.0 Å². The van der Waals surface area contributed by atoms with Crippen LogP contribution in [0.25, 0.3) is 0 Å². The van der Waals surface area contributed by atoms with Crippen molar-refractivity contribution in [3.8, 4) is 5.75 Å². The van der Waals surface area contributed by atoms with E-state index in [9.17, 15) is 0 Å². The van der Waals surface area contributed by atoms with Crippen LogP contribution in [0.15, 0.2) is 53.5 Å². The van der Waals surface area contributed by atoms with E-state index < -0.39 is 0 Å². The van der Waals surface area contributed by atoms with Crippen LogP contribution < -0.4 is 15.4 Å². The van der Waals surface area contributed by atoms with E-state index in [0.717, 1.165) is 37.8 Å². The normalized spacial score (nSPS) is 15.7. The summed E-state index contributed by atoms with van der Waals surface area (Å²) in [5, 5.41) is 6.84. The molecule has 1 aliphatic heterocycles. The molecular formula is C23H33IN4O. The molecule has 2 aromatic rings. The minimum atomic E-state index is 0. The largest absolute Gasteiger partial charge is 0.488 e. The number of rotatable bonds is 7. The third-order valence-corrected chi connectivity index (χ3v) is 5.30. The second-order valence-electron chi connectivity index (χ2n) is 7.64. The molecule has 0 spiro atoms. The lowest BCUT2D eigenvalue weighted by atomic mass is 10.1. The molecule has 2 aromatic carbocycles. The summed E-state index contributed by atoms with van der Waals surface area (Å²) in [6.45, 7) is 6.85. The van der Waals surface area contributed by atoms with Gasteiger partial charge in [0.15, 0.2) is 5.96 Å². The molecule has 0 saturated heterocycles. The van der Waals surface area contributed by atoms with Crippen LogP contribution in [0.1, 0.15) is 30.5 Å². The molecule has 0 aliphatic carbocycles. The van der Waals surface area contributed by atoms with Gasteiger partial charge in [-0.05, 0) is 43.7 Å². The fourth-order valence-corrected chi connectivity index (χ4v) is 3.31. The van der Waals surface area contributed by atoms with Crippen molar-refractivity contribution >= 4 is 29.9 Å². The average molecular weight is 508 g/mol. The van der Waals surface area contributed by atoms with Crippen LogP contribution in [0, 0.1) is 0 Å². The first-order chi connectivity index (χ1) is 13.6. The standard InChI is InChI=1S/C23H32N4O.HI/c1-17(2)27(4)16-20-11-6-5-10-19(20)14-25-23(24-3)26-15-21-13-18-9-7-8-12-22(18)28-21;/h5-12,17,21H,13-16H2,1-4H3,(H2,24,25,26);1H. The van der Waals surface area contributed by atoms with E-state index in [4.69, 9.17) is 4.74 Å². The van der Waals surface area contributed by atoms with Crippen LogP contribution in [0.3, 0.4) is 0 Å². The van der Waals surface area contributed by atoms with Gasteiger partial charge in [0, 0.05) is 32.6 Å². The number of aliphatic imine (C=N–C) groups is 1. The molecule has 29 heavy (non-hydrogen) atoms. The number of nitrogens with one attached hydrogen (secondary N) is 2. The molecule has 2 N–H and O–H groups in total. The lowest BCUT2D eigenvalue weighted by molar-refractivity contribution is 0.235. The summed E-state index contributed by atoms with van der Waals surface area (Å²) < 4.78 is 6.00. The van der Waals surface area contributed by atoms with E-state index >= 15 is 0 Å². The Hall–Kier alpha value is -1.80. The third kappa shape index (κ3) is 6.60. The smallest absolute Gasteiger partial charge is 0.191 e. The molecule has 1 heterocycles. The lowest BCUT2D eigenvalue weighted by Gasteiger charge is -2.23. The summed E-state index contributed by atoms with van der Waals surface area (Å²) >= 11 is 0. The average Bonchev–Trinajstić information content (AvgIpc) is 3.12. The molecular weight excluding hydrogens is 475 g/mol. The number of para-hydroxylation sites is 1. The minimum Gasteiger partial charge on any atom is -0.488 e. The van der Waals surface area contributed by atoms with Crippen molar-refractivity contribution in [2.45, 2.75) is 45.5 Å². The Morgan fingerprint density at radius 2 is 1.79 bits per heavy atom. The SMILES string of the molecule is CN=C(NCc1ccccc1CN(C)C(C)C)NCC1Cc2ccccc2O1.I. The first kappa shape index (κ1) is 23.5. The molecule has 0 bridgehead atoms. The Morgan fingerprint density at radius 3 is 2.48 bits per heavy atom. The topological polar surface area (TPSA) is 48.9 Å². The fraction of sp³-hybridized carbons (Fsp3) is 0.435. The number of guanidine groups is 1. The Bertz CT molecular complexity index is 784. The van der Waals surface area contributed by atoms with Gasteiger partial charge in [-0.25, -0.2) is 0 Å². The van der Waals surface area contributed by atoms with Crippen molar-refractivity contribution in [1.29, 1.82) is 0 Å². The van der Waals surface area contributed by atoms with Gasteiger partial charge in [-0.1, -0.05) is 42.5 Å². The summed E-state index contributed by atoms with van der Waals surface area (Å²) in [7, 11) is 3.97. The predicted molar refractivity (Wildman–Crippen MR) is 131 cm³/mol. The molecule has 1 atom stereocenters. The predicted octanol–water partition coefficient (Wildman–Crippen LogP) is 3.81. The molecule has 6 heteroatoms. The van der Waals surface area contributed by atoms with Gasteiger partial charge >= 0.3 is 0 Å². The number of hydrogen-bond acceptors (Lipinski definition) is 3. The summed E-state index contributed by atoms with van der Waals surface area (Å²) in [4.78, 5) is 6.71. The van der Waals surface area contributed by atoms with E-state index in [-0.39, 0.29) is 30.1 Å². The monoisotopic (exact) mass is 508 g/mol. The molecule has 0 radical (unpaired) electrons. The van der Waals surface area contributed by atoms with Crippen LogP contribution in [0.5, 0.6) is 5.75 Å². The zero-order chi connectivity index (χ0) is 19.9. The number of benzene rings is 2. The van der Waals surface area contributed by atoms with E-state index in [1.807, 2.05) is 12.1 Å². The Labute approximate surface area is 192 Å². The zero-order valence-electron chi connectivity index (χ0n) is 17.8. The van der Waals surface area contributed by atoms with Gasteiger partial charge in [-0.2, -0.15) is 0 Å². The second kappa shape index (κ2) is 11.4. The van der Waals surface area contributed by atoms with Crippen molar-refractivity contribution in [2.75, 3.05) is 20.6 Å². The van der Waals surface area contributed by atoms with Gasteiger partial charge in [0.1, 0.15) is 11.9 Å². The van der Waals surface area contributed by atoms with Crippen molar-refractivity contribution in [1.82, 2.24) is 15.5 Å². The first-order valence-electron chi connectivity index (χ1n) is 10.0. The van der Waals surface area contributed by atoms with Crippen molar-refractivity contribution in [3.05, 3.63) is 65.2 Å². The van der Waals surface area contributed by atoms with E-state index in [2.05, 4.69) is 77.8 Å². The van der Waals surface area contributed by atoms with Gasteiger partial charge in [0.2, 0.25) is 0 Å². The lowest BCUT2D eigenvalue weighted by Crippen LogP contribution is -2.42. The fourth-order valence-electron chi connectivity index (χ4n) is 3.31. The maximum atomic E-state index is 6.00. The summed E-state index contributed by atoms with van der Waals surface area (Å²) in [6.07, 6.45) is 1.08. The number of halogens is 1. The van der Waals surface area contributed by atoms with Crippen molar-refractivity contribution in [2.24, 2.45) is 4.99 Å². The highest BCUT2D eigenvalue weighted by Gasteiger charge is 2.22. The van der Waals surface area contributed by atoms with Crippen molar-refractivity contribution < 1.29 is 4.74 Å². The molecule has 1 unspecified atom stereocenters. The first-order valence-corrected chi connectivity index (χ1v) is 10.0. The van der Waals surface area contributed by atoms with E-state index in [0.29, 0.717) is 6.04 Å². The van der Waals surface area contributed by atoms with Crippen molar-refractivity contribution in [3.63, 3.8) is 0 Å². The highest BCUT2D eigenvalue weighted by atomic mass is 127. The summed E-state index contributed by atoms with van der Waals surface area (Å²) in [5.74, 6) is 1.80. The van der Waals surface area contributed by atoms with Gasteiger partial charge in [0.25, 0.3) is 0 Å². The molecule has 0 amide bonds. The van der Waals surface area contributed by atoms with E-state index in [1.54, 1.807) is 7.05 Å². The van der Waals surface area contributed by atoms with Gasteiger partial charge in [-0.3, -0.25) is 9.89 Å². The van der Waals surface area contributed by atoms with Crippen LogP contribution in [0.4, 0.5) is 0 Å². The number of ether oxygens (including phenoxy) is 1. The second-order valence-corrected chi connectivity index (χ2v) is 7.64. The molecule has 3 rings (SSSR count). The van der Waals surface area contributed by atoms with Crippen LogP contribution in [0.2, 0.25) is 0 Å². The third-order valence-electron chi connectivity index (χ3n) is 5.30. The number of nitrogens with zero attached hydrogens (tertiary/aromatic N) is 2. The maximum Gasteiger partial charge on any atom is 0.191 e. The summed E-state index contributed by atoms with van der Waals surface area (Å²) in [6, 6.07) is 17.4. The highest BCUT2D eigenvalue weighted by molar-refractivity contribution is 14.0. The molecule has 0 aromatic heterocycles. The Morgan fingerprint density at radius 1 is 1.10 bits per heavy atom. The van der Waals surface area contributed by atoms with Gasteiger partial charge < -0.3 is 15.4 Å². The van der Waals surface area contributed by atoms with E-state index in [1.165, 1.54) is 16.7 Å². The Kier molecular flexibility index (Phi) is 9.23. The van der Waals surface area contributed by atoms with Crippen LogP contribution in [-0.4, -0.2) is 43.6 Å². The minimum absolute atomic E-state index is 0. The van der Waals surface area contributed by atoms with Gasteiger partial charge in [0.05, 0.1) is 6.54 Å². The molecule has 5 nitrogen and oxygen atoms in total. The Balaban J connectivity index is 0.00000300. The molecule has 0 fully saturated rings. The summed E-state index contributed by atoms with van der Waals surface area (Å²) in [5.41, 5.74) is 3.92. The van der Waals surface area contributed by atoms with Crippen LogP contribution in [-0.2, 0) is 19.5 Å². The molecule has 158 valence electrons. The van der Waals surface area contributed by atoms with Gasteiger partial charge in [-0.15, -0.1) is 24.0 Å². The zero-order valence-corrected chi connectivity index (χ0v) is 20.1. The maximum absolute atomic E-state index is 6.00. The number of fused-ring (bicyclic) bond motifs is 1. The quantitative estimate of drug-likeness (QED) is 0.339.